The smallest absolute Gasteiger partial charge is 0.307 e. The summed E-state index contributed by atoms with van der Waals surface area (Å²) in [7, 11) is 0. The number of hydrogen-bond donors (Lipinski definition) is 1. The molecule has 0 aromatic carbocycles. The number of nitrogens with zero attached hydrogens (tertiary/aromatic N) is 2. The third-order valence-electron chi connectivity index (χ3n) is 3.21. The number of aromatic nitrogens is 2. The van der Waals surface area contributed by atoms with Crippen LogP contribution in [-0.2, 0) is 11.2 Å². The SMILES string of the molecule is Cc1nc(C2CC2C)nc(C)c1CC(=O)O. The summed E-state index contributed by atoms with van der Waals surface area (Å²) in [5.41, 5.74) is 2.37. The summed E-state index contributed by atoms with van der Waals surface area (Å²) in [6, 6.07) is 0. The van der Waals surface area contributed by atoms with Crippen molar-refractivity contribution < 1.29 is 9.90 Å². The molecule has 1 N–H and O–H groups in total. The first-order chi connectivity index (χ1) is 7.49. The molecule has 1 aromatic heterocycles. The zero-order valence-corrected chi connectivity index (χ0v) is 9.82. The van der Waals surface area contributed by atoms with Crippen LogP contribution in [0.25, 0.3) is 0 Å². The molecule has 0 bridgehead atoms. The number of aliphatic carboxylic acids is 1. The second kappa shape index (κ2) is 3.85. The molecule has 0 radical (unpaired) electrons. The van der Waals surface area contributed by atoms with Crippen molar-refractivity contribution in [1.29, 1.82) is 0 Å². The Kier molecular flexibility index (Phi) is 2.66. The lowest BCUT2D eigenvalue weighted by molar-refractivity contribution is -0.136. The quantitative estimate of drug-likeness (QED) is 0.844. The van der Waals surface area contributed by atoms with Gasteiger partial charge in [-0.15, -0.1) is 0 Å². The summed E-state index contributed by atoms with van der Waals surface area (Å²) in [6.07, 6.45) is 1.16. The van der Waals surface area contributed by atoms with Crippen molar-refractivity contribution in [3.8, 4) is 0 Å². The van der Waals surface area contributed by atoms with Gasteiger partial charge in [0.25, 0.3) is 0 Å². The van der Waals surface area contributed by atoms with E-state index in [1.165, 1.54) is 0 Å². The molecule has 0 spiro atoms. The second-order valence-electron chi connectivity index (χ2n) is 4.62. The summed E-state index contributed by atoms with van der Waals surface area (Å²) in [4.78, 5) is 19.6. The maximum Gasteiger partial charge on any atom is 0.307 e. The van der Waals surface area contributed by atoms with E-state index in [0.717, 1.165) is 29.2 Å². The van der Waals surface area contributed by atoms with Crippen LogP contribution in [0.5, 0.6) is 0 Å². The van der Waals surface area contributed by atoms with Gasteiger partial charge in [-0.25, -0.2) is 9.97 Å². The van der Waals surface area contributed by atoms with Crippen molar-refractivity contribution in [3.63, 3.8) is 0 Å². The Bertz CT molecular complexity index is 420. The highest BCUT2D eigenvalue weighted by molar-refractivity contribution is 5.70. The molecule has 1 saturated carbocycles. The topological polar surface area (TPSA) is 63.1 Å². The number of carbonyl (C=O) groups is 1. The first-order valence-electron chi connectivity index (χ1n) is 5.55. The van der Waals surface area contributed by atoms with Gasteiger partial charge in [-0.1, -0.05) is 6.92 Å². The van der Waals surface area contributed by atoms with Gasteiger partial charge in [0, 0.05) is 22.9 Å². The molecule has 86 valence electrons. The standard InChI is InChI=1S/C12H16N2O2/c1-6-4-9(6)12-13-7(2)10(5-11(15)16)8(3)14-12/h6,9H,4-5H2,1-3H3,(H,15,16). The maximum atomic E-state index is 10.7. The van der Waals surface area contributed by atoms with E-state index < -0.39 is 5.97 Å². The summed E-state index contributed by atoms with van der Waals surface area (Å²) in [5.74, 6) is 1.21. The number of carboxylic acids is 1. The predicted octanol–water partition coefficient (Wildman–Crippen LogP) is 1.84. The maximum absolute atomic E-state index is 10.7. The van der Waals surface area contributed by atoms with Crippen LogP contribution in [-0.4, -0.2) is 21.0 Å². The molecule has 1 aromatic rings. The molecule has 1 fully saturated rings. The van der Waals surface area contributed by atoms with E-state index in [4.69, 9.17) is 5.11 Å². The number of rotatable bonds is 3. The van der Waals surface area contributed by atoms with Crippen molar-refractivity contribution in [2.45, 2.75) is 39.5 Å². The highest BCUT2D eigenvalue weighted by Crippen LogP contribution is 2.45. The summed E-state index contributed by atoms with van der Waals surface area (Å²) in [6.45, 7) is 5.91. The van der Waals surface area contributed by atoms with Crippen LogP contribution < -0.4 is 0 Å². The molecule has 0 saturated heterocycles. The molecule has 16 heavy (non-hydrogen) atoms. The lowest BCUT2D eigenvalue weighted by Gasteiger charge is -2.08. The van der Waals surface area contributed by atoms with Gasteiger partial charge in [-0.05, 0) is 26.2 Å². The van der Waals surface area contributed by atoms with Gasteiger partial charge in [0.05, 0.1) is 6.42 Å². The van der Waals surface area contributed by atoms with E-state index in [9.17, 15) is 4.79 Å². The van der Waals surface area contributed by atoms with Crippen molar-refractivity contribution in [2.75, 3.05) is 0 Å². The molecule has 0 amide bonds. The molecule has 4 nitrogen and oxygen atoms in total. The average molecular weight is 220 g/mol. The summed E-state index contributed by atoms with van der Waals surface area (Å²) in [5, 5.41) is 8.79. The van der Waals surface area contributed by atoms with Gasteiger partial charge in [0.1, 0.15) is 5.82 Å². The fourth-order valence-electron chi connectivity index (χ4n) is 2.02. The van der Waals surface area contributed by atoms with Crippen LogP contribution in [0.3, 0.4) is 0 Å². The third kappa shape index (κ3) is 2.05. The van der Waals surface area contributed by atoms with Gasteiger partial charge < -0.3 is 5.11 Å². The predicted molar refractivity (Wildman–Crippen MR) is 59.4 cm³/mol. The lowest BCUT2D eigenvalue weighted by atomic mass is 10.1. The fourth-order valence-corrected chi connectivity index (χ4v) is 2.02. The Hall–Kier alpha value is -1.45. The van der Waals surface area contributed by atoms with Gasteiger partial charge in [-0.3, -0.25) is 4.79 Å². The van der Waals surface area contributed by atoms with Crippen molar-refractivity contribution in [2.24, 2.45) is 5.92 Å². The molecule has 1 aliphatic rings. The van der Waals surface area contributed by atoms with E-state index in [1.807, 2.05) is 13.8 Å². The zero-order chi connectivity index (χ0) is 11.9. The van der Waals surface area contributed by atoms with Crippen molar-refractivity contribution >= 4 is 5.97 Å². The third-order valence-corrected chi connectivity index (χ3v) is 3.21. The van der Waals surface area contributed by atoms with Crippen LogP contribution in [0.4, 0.5) is 0 Å². The molecule has 2 rings (SSSR count). The second-order valence-corrected chi connectivity index (χ2v) is 4.62. The van der Waals surface area contributed by atoms with Crippen LogP contribution in [0.2, 0.25) is 0 Å². The van der Waals surface area contributed by atoms with Crippen LogP contribution in [0.1, 0.15) is 42.0 Å². The lowest BCUT2D eigenvalue weighted by Crippen LogP contribution is -2.09. The minimum atomic E-state index is -0.831. The van der Waals surface area contributed by atoms with Gasteiger partial charge in [0.2, 0.25) is 0 Å². The Morgan fingerprint density at radius 1 is 1.38 bits per heavy atom. The van der Waals surface area contributed by atoms with Crippen LogP contribution in [0.15, 0.2) is 0 Å². The van der Waals surface area contributed by atoms with Gasteiger partial charge >= 0.3 is 5.97 Å². The van der Waals surface area contributed by atoms with Crippen LogP contribution in [0, 0.1) is 19.8 Å². The Morgan fingerprint density at radius 3 is 2.25 bits per heavy atom. The minimum Gasteiger partial charge on any atom is -0.481 e. The zero-order valence-electron chi connectivity index (χ0n) is 9.82. The normalized spacial score (nSPS) is 23.2. The summed E-state index contributed by atoms with van der Waals surface area (Å²) < 4.78 is 0. The van der Waals surface area contributed by atoms with E-state index in [0.29, 0.717) is 11.8 Å². The van der Waals surface area contributed by atoms with E-state index in [-0.39, 0.29) is 6.42 Å². The molecule has 4 heteroatoms. The number of aryl methyl sites for hydroxylation is 2. The summed E-state index contributed by atoms with van der Waals surface area (Å²) >= 11 is 0. The number of hydrogen-bond acceptors (Lipinski definition) is 3. The molecule has 2 unspecified atom stereocenters. The number of carboxylic acid groups (broad SMARTS) is 1. The Morgan fingerprint density at radius 2 is 1.88 bits per heavy atom. The average Bonchev–Trinajstić information content (AvgIpc) is 2.88. The molecular formula is C12H16N2O2. The van der Waals surface area contributed by atoms with Crippen molar-refractivity contribution in [1.82, 2.24) is 9.97 Å². The first kappa shape index (κ1) is 11.0. The minimum absolute atomic E-state index is 0.0121. The fraction of sp³-hybridized carbons (Fsp3) is 0.583. The van der Waals surface area contributed by atoms with Crippen LogP contribution >= 0.6 is 0 Å². The molecule has 2 atom stereocenters. The monoisotopic (exact) mass is 220 g/mol. The highest BCUT2D eigenvalue weighted by atomic mass is 16.4. The molecule has 1 heterocycles. The first-order valence-corrected chi connectivity index (χ1v) is 5.55. The van der Waals surface area contributed by atoms with Gasteiger partial charge in [-0.2, -0.15) is 0 Å². The molecular weight excluding hydrogens is 204 g/mol. The largest absolute Gasteiger partial charge is 0.481 e. The molecule has 0 aliphatic heterocycles. The van der Waals surface area contributed by atoms with E-state index in [1.54, 1.807) is 0 Å². The van der Waals surface area contributed by atoms with E-state index in [2.05, 4.69) is 16.9 Å². The van der Waals surface area contributed by atoms with Gasteiger partial charge in [0.15, 0.2) is 0 Å². The molecule has 1 aliphatic carbocycles. The Labute approximate surface area is 94.7 Å². The Balaban J connectivity index is 2.32. The highest BCUT2D eigenvalue weighted by Gasteiger charge is 2.37. The van der Waals surface area contributed by atoms with E-state index >= 15 is 0 Å². The van der Waals surface area contributed by atoms with Crippen molar-refractivity contribution in [3.05, 3.63) is 22.8 Å².